The highest BCUT2D eigenvalue weighted by Crippen LogP contribution is 2.45. The zero-order valence-corrected chi connectivity index (χ0v) is 18.0. The average molecular weight is 442 g/mol. The van der Waals surface area contributed by atoms with E-state index in [1.807, 2.05) is 60.7 Å². The second-order valence-corrected chi connectivity index (χ2v) is 8.36. The third kappa shape index (κ3) is 4.30. The minimum Gasteiger partial charge on any atom is -0.478 e. The molecule has 1 aromatic heterocycles. The number of fused-ring (bicyclic) bond motifs is 1. The van der Waals surface area contributed by atoms with Gasteiger partial charge in [-0.2, -0.15) is 0 Å². The molecular weight excluding hydrogens is 417 g/mol. The first-order valence-electron chi connectivity index (χ1n) is 11.1. The molecule has 6 heteroatoms. The average Bonchev–Trinajstić information content (AvgIpc) is 3.17. The molecule has 1 saturated carbocycles. The van der Waals surface area contributed by atoms with Crippen molar-refractivity contribution in [3.05, 3.63) is 101 Å². The van der Waals surface area contributed by atoms with Gasteiger partial charge in [-0.25, -0.2) is 14.6 Å². The van der Waals surface area contributed by atoms with Gasteiger partial charge in [-0.15, -0.1) is 0 Å². The molecule has 0 amide bonds. The molecule has 2 aromatic carbocycles. The molecule has 0 spiro atoms. The van der Waals surface area contributed by atoms with Crippen LogP contribution in [0.15, 0.2) is 72.9 Å². The molecule has 1 aliphatic carbocycles. The predicted octanol–water partition coefficient (Wildman–Crippen LogP) is 5.84. The van der Waals surface area contributed by atoms with Crippen LogP contribution in [0, 0.1) is 5.92 Å². The minimum atomic E-state index is -1.27. The second-order valence-electron chi connectivity index (χ2n) is 8.36. The number of halogens is 1. The summed E-state index contributed by atoms with van der Waals surface area (Å²) in [5.41, 5.74) is 12.7. The molecule has 5 nitrogen and oxygen atoms in total. The van der Waals surface area contributed by atoms with Crippen molar-refractivity contribution in [1.82, 2.24) is 10.4 Å². The number of anilines is 1. The maximum atomic E-state index is 14.5. The van der Waals surface area contributed by atoms with Crippen molar-refractivity contribution in [1.29, 1.82) is 0 Å². The number of nitrogens with zero attached hydrogens (tertiary/aromatic N) is 1. The summed E-state index contributed by atoms with van der Waals surface area (Å²) in [6.45, 7) is 0. The topological polar surface area (TPSA) is 74.2 Å². The highest BCUT2D eigenvalue weighted by Gasteiger charge is 2.29. The standard InChI is InChI=1S/C27H24FN3O2/c28-27-21-16-20(12-13-22(21)30-31-27)25(19-10-7-17(8-11-19)9-14-24(32)33)26(18-4-3-5-18)23-6-1-2-15-29-23/h1-2,6-16,18,27,30-31H,3-5H2,(H,32,33)/b14-9+,26-25+. The van der Waals surface area contributed by atoms with Crippen molar-refractivity contribution in [2.45, 2.75) is 25.6 Å². The third-order valence-corrected chi connectivity index (χ3v) is 6.29. The molecular formula is C27H24FN3O2. The summed E-state index contributed by atoms with van der Waals surface area (Å²) in [7, 11) is 0. The first kappa shape index (κ1) is 21.1. The maximum absolute atomic E-state index is 14.5. The molecule has 0 radical (unpaired) electrons. The fraction of sp³-hybridized carbons (Fsp3) is 0.185. The van der Waals surface area contributed by atoms with Crippen LogP contribution in [-0.2, 0) is 4.79 Å². The Hall–Kier alpha value is -3.77. The van der Waals surface area contributed by atoms with Crippen LogP contribution in [0.4, 0.5) is 10.1 Å². The number of carboxylic acid groups (broad SMARTS) is 1. The molecule has 1 aliphatic heterocycles. The number of hydrogen-bond donors (Lipinski definition) is 3. The Morgan fingerprint density at radius 3 is 2.52 bits per heavy atom. The van der Waals surface area contributed by atoms with Gasteiger partial charge in [0.25, 0.3) is 0 Å². The monoisotopic (exact) mass is 441 g/mol. The smallest absolute Gasteiger partial charge is 0.328 e. The minimum absolute atomic E-state index is 0.382. The van der Waals surface area contributed by atoms with E-state index in [4.69, 9.17) is 5.11 Å². The lowest BCUT2D eigenvalue weighted by Crippen LogP contribution is -2.16. The normalized spacial score (nSPS) is 18.4. The van der Waals surface area contributed by atoms with E-state index in [-0.39, 0.29) is 0 Å². The number of rotatable bonds is 6. The Morgan fingerprint density at radius 1 is 1.06 bits per heavy atom. The van der Waals surface area contributed by atoms with Crippen molar-refractivity contribution in [3.63, 3.8) is 0 Å². The van der Waals surface area contributed by atoms with E-state index < -0.39 is 12.3 Å². The molecule has 3 aromatic rings. The van der Waals surface area contributed by atoms with E-state index in [1.165, 1.54) is 12.0 Å². The molecule has 1 atom stereocenters. The van der Waals surface area contributed by atoms with Crippen molar-refractivity contribution >= 4 is 28.9 Å². The highest BCUT2D eigenvalue weighted by atomic mass is 19.1. The van der Waals surface area contributed by atoms with Crippen LogP contribution in [0.3, 0.4) is 0 Å². The Morgan fingerprint density at radius 2 is 1.85 bits per heavy atom. The Bertz CT molecular complexity index is 1230. The van der Waals surface area contributed by atoms with Gasteiger partial charge in [0.15, 0.2) is 6.30 Å². The van der Waals surface area contributed by atoms with Gasteiger partial charge in [-0.1, -0.05) is 42.8 Å². The van der Waals surface area contributed by atoms with Crippen LogP contribution in [0.25, 0.3) is 17.2 Å². The number of carboxylic acids is 1. The van der Waals surface area contributed by atoms with Gasteiger partial charge in [-0.3, -0.25) is 4.98 Å². The quantitative estimate of drug-likeness (QED) is 0.331. The van der Waals surface area contributed by atoms with Crippen LogP contribution in [-0.4, -0.2) is 16.1 Å². The number of benzene rings is 2. The fourth-order valence-corrected chi connectivity index (χ4v) is 4.43. The third-order valence-electron chi connectivity index (χ3n) is 6.29. The Balaban J connectivity index is 1.69. The summed E-state index contributed by atoms with van der Waals surface area (Å²) in [6, 6.07) is 19.6. The number of alkyl halides is 1. The van der Waals surface area contributed by atoms with Crippen molar-refractivity contribution in [3.8, 4) is 0 Å². The van der Waals surface area contributed by atoms with Crippen LogP contribution in [0.5, 0.6) is 0 Å². The molecule has 5 rings (SSSR count). The molecule has 2 aliphatic rings. The SMILES string of the molecule is O=C(O)/C=C/c1ccc(/C(=C(\c2ccccn2)C2CCC2)c2ccc3c(c2)C(F)NN3)cc1. The van der Waals surface area contributed by atoms with Gasteiger partial charge in [0.2, 0.25) is 0 Å². The molecule has 0 bridgehead atoms. The molecule has 2 heterocycles. The fourth-order valence-electron chi connectivity index (χ4n) is 4.43. The largest absolute Gasteiger partial charge is 0.478 e. The van der Waals surface area contributed by atoms with E-state index in [9.17, 15) is 9.18 Å². The lowest BCUT2D eigenvalue weighted by Gasteiger charge is -2.31. The number of aliphatic carboxylic acids is 1. The number of pyridine rings is 1. The van der Waals surface area contributed by atoms with Crippen molar-refractivity contribution in [2.24, 2.45) is 5.92 Å². The Labute approximate surface area is 191 Å². The number of nitrogens with one attached hydrogen (secondary N) is 2. The van der Waals surface area contributed by atoms with Crippen LogP contribution >= 0.6 is 0 Å². The lowest BCUT2D eigenvalue weighted by atomic mass is 9.74. The maximum Gasteiger partial charge on any atom is 0.328 e. The summed E-state index contributed by atoms with van der Waals surface area (Å²) in [5, 5.41) is 8.92. The zero-order valence-electron chi connectivity index (χ0n) is 18.0. The van der Waals surface area contributed by atoms with E-state index in [2.05, 4.69) is 15.8 Å². The second kappa shape index (κ2) is 9.00. The number of hydrogen-bond acceptors (Lipinski definition) is 4. The van der Waals surface area contributed by atoms with E-state index >= 15 is 0 Å². The number of allylic oxidation sites excluding steroid dienone is 1. The van der Waals surface area contributed by atoms with E-state index in [1.54, 1.807) is 12.3 Å². The summed E-state index contributed by atoms with van der Waals surface area (Å²) in [4.78, 5) is 15.5. The van der Waals surface area contributed by atoms with Crippen LogP contribution in [0.2, 0.25) is 0 Å². The summed E-state index contributed by atoms with van der Waals surface area (Å²) < 4.78 is 14.5. The summed E-state index contributed by atoms with van der Waals surface area (Å²) in [6.07, 6.45) is 6.59. The molecule has 1 unspecified atom stereocenters. The molecule has 0 saturated heterocycles. The van der Waals surface area contributed by atoms with Gasteiger partial charge in [0.1, 0.15) is 0 Å². The highest BCUT2D eigenvalue weighted by molar-refractivity contribution is 5.99. The predicted molar refractivity (Wildman–Crippen MR) is 128 cm³/mol. The molecule has 3 N–H and O–H groups in total. The van der Waals surface area contributed by atoms with E-state index in [0.717, 1.165) is 52.6 Å². The van der Waals surface area contributed by atoms with Crippen LogP contribution in [0.1, 0.15) is 53.5 Å². The van der Waals surface area contributed by atoms with Gasteiger partial charge in [0.05, 0.1) is 11.4 Å². The van der Waals surface area contributed by atoms with Gasteiger partial charge >= 0.3 is 5.97 Å². The first-order chi connectivity index (χ1) is 16.1. The van der Waals surface area contributed by atoms with E-state index in [0.29, 0.717) is 11.5 Å². The van der Waals surface area contributed by atoms with Gasteiger partial charge in [-0.05, 0) is 76.9 Å². The molecule has 166 valence electrons. The summed E-state index contributed by atoms with van der Waals surface area (Å²) in [5.74, 6) is -0.601. The molecule has 1 fully saturated rings. The number of carbonyl (C=O) groups is 1. The van der Waals surface area contributed by atoms with Gasteiger partial charge < -0.3 is 10.5 Å². The number of aromatic nitrogens is 1. The van der Waals surface area contributed by atoms with Crippen LogP contribution < -0.4 is 10.9 Å². The lowest BCUT2D eigenvalue weighted by molar-refractivity contribution is -0.131. The Kier molecular flexibility index (Phi) is 5.75. The van der Waals surface area contributed by atoms with Crippen molar-refractivity contribution in [2.75, 3.05) is 5.43 Å². The van der Waals surface area contributed by atoms with Crippen molar-refractivity contribution < 1.29 is 14.3 Å². The zero-order chi connectivity index (χ0) is 22.8. The first-order valence-corrected chi connectivity index (χ1v) is 11.1. The molecule has 33 heavy (non-hydrogen) atoms. The number of hydrazine groups is 1. The van der Waals surface area contributed by atoms with Gasteiger partial charge in [0, 0.05) is 17.8 Å². The summed E-state index contributed by atoms with van der Waals surface area (Å²) >= 11 is 0.